The average Bonchev–Trinajstić information content (AvgIpc) is 2.45. The summed E-state index contributed by atoms with van der Waals surface area (Å²) in [5, 5.41) is 9.16. The summed E-state index contributed by atoms with van der Waals surface area (Å²) in [4.78, 5) is 0. The molecule has 0 amide bonds. The average molecular weight is 237 g/mol. The summed E-state index contributed by atoms with van der Waals surface area (Å²) in [6.07, 6.45) is -0.540. The van der Waals surface area contributed by atoms with Gasteiger partial charge in [0, 0.05) is 11.1 Å². The molecule has 0 fully saturated rings. The molecule has 2 aromatic carbocycles. The van der Waals surface area contributed by atoms with Gasteiger partial charge in [0.1, 0.15) is 17.6 Å². The SMILES string of the molecule is COc1ccc2c(c1)-c1ccccc1C(C#N)O2. The highest BCUT2D eigenvalue weighted by Gasteiger charge is 2.25. The van der Waals surface area contributed by atoms with Crippen molar-refractivity contribution >= 4 is 0 Å². The normalized spacial score (nSPS) is 15.9. The zero-order chi connectivity index (χ0) is 12.5. The van der Waals surface area contributed by atoms with E-state index in [-0.39, 0.29) is 0 Å². The number of rotatable bonds is 1. The van der Waals surface area contributed by atoms with E-state index >= 15 is 0 Å². The summed E-state index contributed by atoms with van der Waals surface area (Å²) in [6.45, 7) is 0. The molecule has 0 aliphatic carbocycles. The quantitative estimate of drug-likeness (QED) is 0.764. The maximum atomic E-state index is 9.16. The molecule has 0 bridgehead atoms. The van der Waals surface area contributed by atoms with Crippen molar-refractivity contribution in [3.8, 4) is 28.7 Å². The van der Waals surface area contributed by atoms with E-state index in [4.69, 9.17) is 14.7 Å². The van der Waals surface area contributed by atoms with Gasteiger partial charge in [-0.15, -0.1) is 0 Å². The van der Waals surface area contributed by atoms with Gasteiger partial charge >= 0.3 is 0 Å². The minimum atomic E-state index is -0.540. The van der Waals surface area contributed by atoms with E-state index in [1.54, 1.807) is 7.11 Å². The number of hydrogen-bond acceptors (Lipinski definition) is 3. The van der Waals surface area contributed by atoms with Crippen LogP contribution in [0, 0.1) is 11.3 Å². The fourth-order valence-corrected chi connectivity index (χ4v) is 2.21. The van der Waals surface area contributed by atoms with Gasteiger partial charge in [-0.05, 0) is 23.8 Å². The fourth-order valence-electron chi connectivity index (χ4n) is 2.21. The second-order valence-corrected chi connectivity index (χ2v) is 4.08. The van der Waals surface area contributed by atoms with Crippen LogP contribution in [0.4, 0.5) is 0 Å². The second-order valence-electron chi connectivity index (χ2n) is 4.08. The molecule has 0 radical (unpaired) electrons. The van der Waals surface area contributed by atoms with Crippen LogP contribution < -0.4 is 9.47 Å². The molecule has 0 aromatic heterocycles. The van der Waals surface area contributed by atoms with Gasteiger partial charge < -0.3 is 9.47 Å². The van der Waals surface area contributed by atoms with Crippen molar-refractivity contribution in [1.29, 1.82) is 5.26 Å². The van der Waals surface area contributed by atoms with Crippen LogP contribution in [0.1, 0.15) is 11.7 Å². The first-order valence-corrected chi connectivity index (χ1v) is 5.67. The van der Waals surface area contributed by atoms with E-state index in [0.29, 0.717) is 0 Å². The molecule has 2 aromatic rings. The summed E-state index contributed by atoms with van der Waals surface area (Å²) >= 11 is 0. The van der Waals surface area contributed by atoms with Crippen molar-refractivity contribution in [3.05, 3.63) is 48.0 Å². The van der Waals surface area contributed by atoms with E-state index in [9.17, 15) is 0 Å². The van der Waals surface area contributed by atoms with Crippen LogP contribution in [0.25, 0.3) is 11.1 Å². The fraction of sp³-hybridized carbons (Fsp3) is 0.133. The molecule has 0 N–H and O–H groups in total. The molecular weight excluding hydrogens is 226 g/mol. The molecule has 3 nitrogen and oxygen atoms in total. The van der Waals surface area contributed by atoms with Crippen molar-refractivity contribution in [2.75, 3.05) is 7.11 Å². The van der Waals surface area contributed by atoms with Crippen LogP contribution in [0.5, 0.6) is 11.5 Å². The second kappa shape index (κ2) is 4.08. The van der Waals surface area contributed by atoms with Gasteiger partial charge in [0.2, 0.25) is 6.10 Å². The standard InChI is InChI=1S/C15H11NO2/c1-17-10-6-7-14-13(8-10)11-4-2-3-5-12(11)15(9-16)18-14/h2-8,15H,1H3. The van der Waals surface area contributed by atoms with Crippen LogP contribution in [0.2, 0.25) is 0 Å². The molecule has 3 rings (SSSR count). The highest BCUT2D eigenvalue weighted by atomic mass is 16.5. The number of nitrogens with zero attached hydrogens (tertiary/aromatic N) is 1. The molecule has 0 spiro atoms. The Bertz CT molecular complexity index is 643. The number of nitriles is 1. The van der Waals surface area contributed by atoms with E-state index in [2.05, 4.69) is 6.07 Å². The molecular formula is C15H11NO2. The van der Waals surface area contributed by atoms with Gasteiger partial charge in [-0.1, -0.05) is 24.3 Å². The Hall–Kier alpha value is -2.47. The van der Waals surface area contributed by atoms with Gasteiger partial charge in [0.05, 0.1) is 7.11 Å². The summed E-state index contributed by atoms with van der Waals surface area (Å²) in [5.41, 5.74) is 2.90. The Morgan fingerprint density at radius 1 is 1.17 bits per heavy atom. The van der Waals surface area contributed by atoms with Crippen LogP contribution in [0.15, 0.2) is 42.5 Å². The predicted molar refractivity (Wildman–Crippen MR) is 67.4 cm³/mol. The topological polar surface area (TPSA) is 42.2 Å². The van der Waals surface area contributed by atoms with E-state index in [1.807, 2.05) is 42.5 Å². The monoisotopic (exact) mass is 237 g/mol. The minimum Gasteiger partial charge on any atom is -0.497 e. The summed E-state index contributed by atoms with van der Waals surface area (Å²) in [7, 11) is 1.63. The summed E-state index contributed by atoms with van der Waals surface area (Å²) < 4.78 is 10.9. The zero-order valence-electron chi connectivity index (χ0n) is 9.88. The zero-order valence-corrected chi connectivity index (χ0v) is 9.88. The van der Waals surface area contributed by atoms with Crippen molar-refractivity contribution in [2.45, 2.75) is 6.10 Å². The highest BCUT2D eigenvalue weighted by molar-refractivity contribution is 5.77. The Morgan fingerprint density at radius 3 is 2.78 bits per heavy atom. The van der Waals surface area contributed by atoms with Crippen molar-refractivity contribution < 1.29 is 9.47 Å². The van der Waals surface area contributed by atoms with Gasteiger partial charge in [-0.2, -0.15) is 5.26 Å². The lowest BCUT2D eigenvalue weighted by Crippen LogP contribution is -2.12. The summed E-state index contributed by atoms with van der Waals surface area (Å²) in [5.74, 6) is 1.50. The number of ether oxygens (including phenoxy) is 2. The van der Waals surface area contributed by atoms with Gasteiger partial charge in [-0.3, -0.25) is 0 Å². The number of hydrogen-bond donors (Lipinski definition) is 0. The van der Waals surface area contributed by atoms with Gasteiger partial charge in [-0.25, -0.2) is 0 Å². The molecule has 1 atom stereocenters. The van der Waals surface area contributed by atoms with Crippen molar-refractivity contribution in [3.63, 3.8) is 0 Å². The minimum absolute atomic E-state index is 0.540. The lowest BCUT2D eigenvalue weighted by Gasteiger charge is -2.24. The largest absolute Gasteiger partial charge is 0.497 e. The predicted octanol–water partition coefficient (Wildman–Crippen LogP) is 3.32. The van der Waals surface area contributed by atoms with Crippen LogP contribution in [-0.4, -0.2) is 7.11 Å². The molecule has 0 saturated carbocycles. The third-order valence-corrected chi connectivity index (χ3v) is 3.08. The third kappa shape index (κ3) is 1.51. The first-order chi connectivity index (χ1) is 8.83. The molecule has 3 heteroatoms. The molecule has 1 unspecified atom stereocenters. The number of benzene rings is 2. The number of fused-ring (bicyclic) bond motifs is 3. The third-order valence-electron chi connectivity index (χ3n) is 3.08. The van der Waals surface area contributed by atoms with Crippen LogP contribution >= 0.6 is 0 Å². The molecule has 1 aliphatic heterocycles. The van der Waals surface area contributed by atoms with E-state index < -0.39 is 6.10 Å². The molecule has 1 aliphatic rings. The lowest BCUT2D eigenvalue weighted by molar-refractivity contribution is 0.258. The molecule has 1 heterocycles. The Balaban J connectivity index is 2.24. The van der Waals surface area contributed by atoms with E-state index in [0.717, 1.165) is 28.2 Å². The molecule has 88 valence electrons. The molecule has 0 saturated heterocycles. The Kier molecular flexibility index (Phi) is 2.42. The highest BCUT2D eigenvalue weighted by Crippen LogP contribution is 2.43. The lowest BCUT2D eigenvalue weighted by atomic mass is 9.93. The number of methoxy groups -OCH3 is 1. The van der Waals surface area contributed by atoms with Crippen LogP contribution in [-0.2, 0) is 0 Å². The van der Waals surface area contributed by atoms with Gasteiger partial charge in [0.15, 0.2) is 0 Å². The maximum absolute atomic E-state index is 9.16. The first-order valence-electron chi connectivity index (χ1n) is 5.67. The van der Waals surface area contributed by atoms with Gasteiger partial charge in [0.25, 0.3) is 0 Å². The van der Waals surface area contributed by atoms with Crippen molar-refractivity contribution in [2.24, 2.45) is 0 Å². The summed E-state index contributed by atoms with van der Waals surface area (Å²) in [6, 6.07) is 15.6. The van der Waals surface area contributed by atoms with Crippen LogP contribution in [0.3, 0.4) is 0 Å². The van der Waals surface area contributed by atoms with E-state index in [1.165, 1.54) is 0 Å². The Labute approximate surface area is 105 Å². The maximum Gasteiger partial charge on any atom is 0.210 e. The van der Waals surface area contributed by atoms with Crippen molar-refractivity contribution in [1.82, 2.24) is 0 Å². The first kappa shape index (κ1) is 10.7. The Morgan fingerprint density at radius 2 is 2.00 bits per heavy atom. The molecule has 18 heavy (non-hydrogen) atoms. The smallest absolute Gasteiger partial charge is 0.210 e.